The number of anilines is 1. The molecule has 9 nitrogen and oxygen atoms in total. The number of hydrogen-bond acceptors (Lipinski definition) is 7. The maximum atomic E-state index is 12.3. The Kier molecular flexibility index (Phi) is 7.26. The average Bonchev–Trinajstić information content (AvgIpc) is 3.11. The predicted molar refractivity (Wildman–Crippen MR) is 143 cm³/mol. The molecule has 1 saturated carbocycles. The molecule has 37 heavy (non-hydrogen) atoms. The van der Waals surface area contributed by atoms with E-state index in [2.05, 4.69) is 41.3 Å². The summed E-state index contributed by atoms with van der Waals surface area (Å²) in [7, 11) is 0. The van der Waals surface area contributed by atoms with Gasteiger partial charge in [0.15, 0.2) is 5.82 Å². The van der Waals surface area contributed by atoms with Crippen molar-refractivity contribution in [3.63, 3.8) is 0 Å². The second-order valence-corrected chi connectivity index (χ2v) is 13.4. The van der Waals surface area contributed by atoms with Crippen molar-refractivity contribution in [2.45, 2.75) is 90.5 Å². The van der Waals surface area contributed by atoms with Gasteiger partial charge >= 0.3 is 6.09 Å². The van der Waals surface area contributed by atoms with Crippen LogP contribution >= 0.6 is 0 Å². The second-order valence-electron chi connectivity index (χ2n) is 13.4. The first-order chi connectivity index (χ1) is 17.4. The van der Waals surface area contributed by atoms with Crippen LogP contribution in [-0.4, -0.2) is 102 Å². The Morgan fingerprint density at radius 3 is 2.49 bits per heavy atom. The summed E-state index contributed by atoms with van der Waals surface area (Å²) in [5.74, 6) is 1.08. The van der Waals surface area contributed by atoms with Crippen LogP contribution in [0, 0.1) is 12.3 Å². The number of hydrogen-bond donors (Lipinski definition) is 0. The van der Waals surface area contributed by atoms with Crippen molar-refractivity contribution in [2.24, 2.45) is 5.41 Å². The third kappa shape index (κ3) is 5.93. The Morgan fingerprint density at radius 2 is 1.84 bits per heavy atom. The summed E-state index contributed by atoms with van der Waals surface area (Å²) in [6, 6.07) is 2.67. The molecule has 1 spiro atoms. The van der Waals surface area contributed by atoms with E-state index in [0.717, 1.165) is 90.6 Å². The normalized spacial score (nSPS) is 26.2. The molecule has 0 radical (unpaired) electrons. The van der Waals surface area contributed by atoms with Crippen molar-refractivity contribution in [3.05, 3.63) is 11.8 Å². The van der Waals surface area contributed by atoms with Crippen molar-refractivity contribution >= 4 is 11.9 Å². The molecular weight excluding hydrogens is 470 g/mol. The Labute approximate surface area is 222 Å². The van der Waals surface area contributed by atoms with Crippen molar-refractivity contribution in [2.75, 3.05) is 64.0 Å². The summed E-state index contributed by atoms with van der Waals surface area (Å²) in [5.41, 5.74) is 1.02. The molecule has 1 atom stereocenters. The van der Waals surface area contributed by atoms with E-state index in [0.29, 0.717) is 12.1 Å². The van der Waals surface area contributed by atoms with Crippen LogP contribution in [0.25, 0.3) is 0 Å². The highest BCUT2D eigenvalue weighted by atomic mass is 16.6. The van der Waals surface area contributed by atoms with Gasteiger partial charge in [-0.15, -0.1) is 0 Å². The Hall–Kier alpha value is -1.84. The zero-order valence-electron chi connectivity index (χ0n) is 23.8. The highest BCUT2D eigenvalue weighted by Crippen LogP contribution is 2.54. The topological polar surface area (TPSA) is 72.3 Å². The van der Waals surface area contributed by atoms with Crippen LogP contribution < -0.4 is 4.90 Å². The molecular formula is C28H47N5O4. The minimum absolute atomic E-state index is 0.00374. The first-order valence-corrected chi connectivity index (χ1v) is 14.2. The molecule has 4 aliphatic rings. The lowest BCUT2D eigenvalue weighted by Gasteiger charge is -2.58. The number of rotatable bonds is 6. The maximum Gasteiger partial charge on any atom is 0.410 e. The van der Waals surface area contributed by atoms with Crippen molar-refractivity contribution in [1.29, 1.82) is 0 Å². The van der Waals surface area contributed by atoms with Gasteiger partial charge in [0.2, 0.25) is 0 Å². The third-order valence-corrected chi connectivity index (χ3v) is 8.57. The molecule has 1 aromatic rings. The number of carbonyl (C=O) groups excluding carboxylic acids is 1. The van der Waals surface area contributed by atoms with E-state index >= 15 is 0 Å². The van der Waals surface area contributed by atoms with Gasteiger partial charge in [0.05, 0.1) is 32.0 Å². The minimum Gasteiger partial charge on any atom is -0.444 e. The number of amides is 1. The maximum absolute atomic E-state index is 12.3. The SMILES string of the molecule is Cc1cc(N2CC[C@@H](OCCN3CCOCC3)CC2(C)C)nn1C1CC2(C1)CN(C(=O)OC(C)(C)C)C2. The van der Waals surface area contributed by atoms with Crippen LogP contribution in [0.5, 0.6) is 0 Å². The number of likely N-dealkylation sites (tertiary alicyclic amines) is 1. The van der Waals surface area contributed by atoms with Gasteiger partial charge in [-0.25, -0.2) is 4.79 Å². The molecule has 1 aromatic heterocycles. The number of carbonyl (C=O) groups is 1. The Balaban J connectivity index is 1.10. The highest BCUT2D eigenvalue weighted by molar-refractivity contribution is 5.69. The van der Waals surface area contributed by atoms with Crippen LogP contribution in [0.2, 0.25) is 0 Å². The van der Waals surface area contributed by atoms with Gasteiger partial charge < -0.3 is 24.0 Å². The summed E-state index contributed by atoms with van der Waals surface area (Å²) in [6.45, 7) is 20.6. The highest BCUT2D eigenvalue weighted by Gasteiger charge is 2.55. The van der Waals surface area contributed by atoms with Crippen LogP contribution in [0.3, 0.4) is 0 Å². The monoisotopic (exact) mass is 517 g/mol. The van der Waals surface area contributed by atoms with E-state index < -0.39 is 5.60 Å². The van der Waals surface area contributed by atoms with E-state index in [1.807, 2.05) is 25.7 Å². The Bertz CT molecular complexity index is 950. The first kappa shape index (κ1) is 26.8. The Morgan fingerprint density at radius 1 is 1.14 bits per heavy atom. The number of nitrogens with zero attached hydrogens (tertiary/aromatic N) is 5. The molecule has 4 heterocycles. The van der Waals surface area contributed by atoms with E-state index in [4.69, 9.17) is 19.3 Å². The average molecular weight is 518 g/mol. The summed E-state index contributed by atoms with van der Waals surface area (Å²) >= 11 is 0. The predicted octanol–water partition coefficient (Wildman–Crippen LogP) is 3.86. The smallest absolute Gasteiger partial charge is 0.410 e. The molecule has 9 heteroatoms. The van der Waals surface area contributed by atoms with Gasteiger partial charge in [-0.2, -0.15) is 5.10 Å². The fraction of sp³-hybridized carbons (Fsp3) is 0.857. The second kappa shape index (κ2) is 10.0. The van der Waals surface area contributed by atoms with Crippen molar-refractivity contribution in [3.8, 4) is 0 Å². The molecule has 0 bridgehead atoms. The molecule has 1 amide bonds. The van der Waals surface area contributed by atoms with Gasteiger partial charge in [-0.3, -0.25) is 9.58 Å². The lowest BCUT2D eigenvalue weighted by atomic mass is 9.61. The fourth-order valence-electron chi connectivity index (χ4n) is 6.65. The van der Waals surface area contributed by atoms with Crippen LogP contribution in [0.1, 0.15) is 72.0 Å². The lowest BCUT2D eigenvalue weighted by Crippen LogP contribution is -2.64. The van der Waals surface area contributed by atoms with Gasteiger partial charge in [-0.05, 0) is 67.2 Å². The number of piperidine rings is 1. The molecule has 4 fully saturated rings. The van der Waals surface area contributed by atoms with Gasteiger partial charge in [0.1, 0.15) is 5.60 Å². The van der Waals surface area contributed by atoms with Crippen molar-refractivity contribution < 1.29 is 19.0 Å². The largest absolute Gasteiger partial charge is 0.444 e. The van der Waals surface area contributed by atoms with Crippen molar-refractivity contribution in [1.82, 2.24) is 19.6 Å². The number of aryl methyl sites for hydroxylation is 1. The molecule has 1 aliphatic carbocycles. The number of morpholine rings is 1. The molecule has 0 aromatic carbocycles. The molecule has 0 N–H and O–H groups in total. The molecule has 3 saturated heterocycles. The fourth-order valence-corrected chi connectivity index (χ4v) is 6.65. The zero-order valence-corrected chi connectivity index (χ0v) is 23.8. The van der Waals surface area contributed by atoms with Gasteiger partial charge in [0, 0.05) is 62.0 Å². The van der Waals surface area contributed by atoms with Crippen LogP contribution in [-0.2, 0) is 14.2 Å². The lowest BCUT2D eigenvalue weighted by molar-refractivity contribution is -0.0930. The summed E-state index contributed by atoms with van der Waals surface area (Å²) in [5, 5.41) is 5.10. The first-order valence-electron chi connectivity index (χ1n) is 14.2. The van der Waals surface area contributed by atoms with Crippen LogP contribution in [0.4, 0.5) is 10.6 Å². The van der Waals surface area contributed by atoms with Crippen LogP contribution in [0.15, 0.2) is 6.07 Å². The van der Waals surface area contributed by atoms with E-state index in [9.17, 15) is 4.79 Å². The van der Waals surface area contributed by atoms with Gasteiger partial charge in [-0.1, -0.05) is 0 Å². The molecule has 5 rings (SSSR count). The number of aromatic nitrogens is 2. The summed E-state index contributed by atoms with van der Waals surface area (Å²) < 4.78 is 19.5. The molecule has 3 aliphatic heterocycles. The van der Waals surface area contributed by atoms with E-state index in [1.165, 1.54) is 5.69 Å². The quantitative estimate of drug-likeness (QED) is 0.567. The minimum atomic E-state index is -0.443. The standard InChI is InChI=1S/C28H47N5O4/c1-21-15-24(29-33(21)22-16-28(17-22)19-31(20-28)25(34)37-26(2,3)4)32-8-7-23(18-27(32,5)6)36-14-11-30-9-12-35-13-10-30/h15,22-23H,7-14,16-20H2,1-6H3/t23-/m1/s1. The van der Waals surface area contributed by atoms with Gasteiger partial charge in [0.25, 0.3) is 0 Å². The third-order valence-electron chi connectivity index (χ3n) is 8.57. The summed E-state index contributed by atoms with van der Waals surface area (Å²) in [6.07, 6.45) is 4.32. The molecule has 0 unspecified atom stereocenters. The zero-order chi connectivity index (χ0) is 26.4. The van der Waals surface area contributed by atoms with E-state index in [-0.39, 0.29) is 17.0 Å². The molecule has 208 valence electrons. The van der Waals surface area contributed by atoms with E-state index in [1.54, 1.807) is 0 Å². The summed E-state index contributed by atoms with van der Waals surface area (Å²) in [4.78, 5) is 19.1. The number of ether oxygens (including phenoxy) is 3.